The zero-order valence-electron chi connectivity index (χ0n) is 7.74. The van der Waals surface area contributed by atoms with Crippen molar-refractivity contribution in [1.82, 2.24) is 5.43 Å². The lowest BCUT2D eigenvalue weighted by atomic mass is 10.1. The molecule has 4 heteroatoms. The molecule has 0 amide bonds. The van der Waals surface area contributed by atoms with Crippen molar-refractivity contribution >= 4 is 0 Å². The average molecular weight is 182 g/mol. The minimum atomic E-state index is -0.102. The molecule has 0 aliphatic carbocycles. The van der Waals surface area contributed by atoms with Gasteiger partial charge in [-0.05, 0) is 25.1 Å². The maximum Gasteiger partial charge on any atom is 0.120 e. The second-order valence-corrected chi connectivity index (χ2v) is 2.81. The summed E-state index contributed by atoms with van der Waals surface area (Å²) in [6.07, 6.45) is 0. The van der Waals surface area contributed by atoms with Gasteiger partial charge < -0.3 is 9.84 Å². The first-order valence-corrected chi connectivity index (χ1v) is 4.02. The second kappa shape index (κ2) is 4.11. The van der Waals surface area contributed by atoms with E-state index in [0.717, 1.165) is 5.56 Å². The molecule has 1 atom stereocenters. The standard InChI is InChI=1S/C9H14N2O2/c1-6(11-10)8-5-7(13-2)3-4-9(8)12/h3-6,11-12H,10H2,1-2H3/t6-/m1/s1. The maximum atomic E-state index is 9.48. The van der Waals surface area contributed by atoms with E-state index < -0.39 is 0 Å². The van der Waals surface area contributed by atoms with Crippen LogP contribution in [-0.2, 0) is 0 Å². The lowest BCUT2D eigenvalue weighted by Gasteiger charge is -2.13. The fraction of sp³-hybridized carbons (Fsp3) is 0.333. The highest BCUT2D eigenvalue weighted by Crippen LogP contribution is 2.27. The highest BCUT2D eigenvalue weighted by molar-refractivity contribution is 5.40. The van der Waals surface area contributed by atoms with E-state index in [1.165, 1.54) is 0 Å². The van der Waals surface area contributed by atoms with E-state index in [-0.39, 0.29) is 11.8 Å². The number of phenolic OH excluding ortho intramolecular Hbond substituents is 1. The Bertz CT molecular complexity index is 289. The summed E-state index contributed by atoms with van der Waals surface area (Å²) in [4.78, 5) is 0. The first-order valence-electron chi connectivity index (χ1n) is 4.02. The molecule has 0 saturated carbocycles. The monoisotopic (exact) mass is 182 g/mol. The number of rotatable bonds is 3. The van der Waals surface area contributed by atoms with Gasteiger partial charge in [-0.2, -0.15) is 0 Å². The Balaban J connectivity index is 3.03. The molecule has 1 rings (SSSR count). The van der Waals surface area contributed by atoms with Crippen LogP contribution in [0.5, 0.6) is 11.5 Å². The molecule has 0 spiro atoms. The Morgan fingerprint density at radius 2 is 2.23 bits per heavy atom. The van der Waals surface area contributed by atoms with Gasteiger partial charge in [0.2, 0.25) is 0 Å². The number of ether oxygens (including phenoxy) is 1. The van der Waals surface area contributed by atoms with Gasteiger partial charge in [-0.3, -0.25) is 11.3 Å². The molecule has 1 aromatic rings. The van der Waals surface area contributed by atoms with Crippen LogP contribution in [0.2, 0.25) is 0 Å². The van der Waals surface area contributed by atoms with Crippen LogP contribution in [-0.4, -0.2) is 12.2 Å². The van der Waals surface area contributed by atoms with Gasteiger partial charge >= 0.3 is 0 Å². The van der Waals surface area contributed by atoms with Crippen molar-refractivity contribution in [2.24, 2.45) is 5.84 Å². The molecule has 4 N–H and O–H groups in total. The van der Waals surface area contributed by atoms with E-state index in [1.807, 2.05) is 6.92 Å². The SMILES string of the molecule is COc1ccc(O)c([C@@H](C)NN)c1. The summed E-state index contributed by atoms with van der Waals surface area (Å²) in [6, 6.07) is 4.93. The molecule has 0 aliphatic heterocycles. The molecule has 4 nitrogen and oxygen atoms in total. The third-order valence-corrected chi connectivity index (χ3v) is 1.95. The number of phenols is 1. The summed E-state index contributed by atoms with van der Waals surface area (Å²) >= 11 is 0. The average Bonchev–Trinajstić information content (AvgIpc) is 2.17. The Labute approximate surface area is 77.3 Å². The minimum absolute atomic E-state index is 0.102. The Morgan fingerprint density at radius 1 is 1.54 bits per heavy atom. The Hall–Kier alpha value is -1.26. The summed E-state index contributed by atoms with van der Waals surface area (Å²) in [5.41, 5.74) is 3.28. The number of aromatic hydroxyl groups is 1. The molecule has 13 heavy (non-hydrogen) atoms. The largest absolute Gasteiger partial charge is 0.508 e. The van der Waals surface area contributed by atoms with Crippen molar-refractivity contribution in [1.29, 1.82) is 0 Å². The molecule has 0 heterocycles. The van der Waals surface area contributed by atoms with Gasteiger partial charge in [-0.1, -0.05) is 0 Å². The number of hydrazine groups is 1. The van der Waals surface area contributed by atoms with E-state index in [4.69, 9.17) is 10.6 Å². The number of hydrogen-bond acceptors (Lipinski definition) is 4. The molecule has 0 bridgehead atoms. The molecule has 0 aliphatic rings. The van der Waals surface area contributed by atoms with Crippen LogP contribution in [0, 0.1) is 0 Å². The number of benzene rings is 1. The molecular weight excluding hydrogens is 168 g/mol. The fourth-order valence-electron chi connectivity index (χ4n) is 1.10. The Morgan fingerprint density at radius 3 is 2.77 bits per heavy atom. The van der Waals surface area contributed by atoms with Crippen molar-refractivity contribution in [2.75, 3.05) is 7.11 Å². The molecule has 0 radical (unpaired) electrons. The van der Waals surface area contributed by atoms with Crippen molar-refractivity contribution in [3.8, 4) is 11.5 Å². The summed E-state index contributed by atoms with van der Waals surface area (Å²) in [5, 5.41) is 9.48. The third-order valence-electron chi connectivity index (χ3n) is 1.95. The van der Waals surface area contributed by atoms with Crippen LogP contribution in [0.1, 0.15) is 18.5 Å². The highest BCUT2D eigenvalue weighted by atomic mass is 16.5. The van der Waals surface area contributed by atoms with Crippen molar-refractivity contribution in [3.63, 3.8) is 0 Å². The van der Waals surface area contributed by atoms with Crippen LogP contribution in [0.4, 0.5) is 0 Å². The van der Waals surface area contributed by atoms with E-state index in [0.29, 0.717) is 5.75 Å². The van der Waals surface area contributed by atoms with Gasteiger partial charge in [0.1, 0.15) is 11.5 Å². The van der Waals surface area contributed by atoms with Gasteiger partial charge in [0.25, 0.3) is 0 Å². The van der Waals surface area contributed by atoms with Crippen LogP contribution in [0.25, 0.3) is 0 Å². The Kier molecular flexibility index (Phi) is 3.11. The van der Waals surface area contributed by atoms with E-state index in [9.17, 15) is 5.11 Å². The quantitative estimate of drug-likeness (QED) is 0.480. The first-order chi connectivity index (χ1) is 6.19. The lowest BCUT2D eigenvalue weighted by molar-refractivity contribution is 0.408. The van der Waals surface area contributed by atoms with Crippen LogP contribution in [0.3, 0.4) is 0 Å². The zero-order chi connectivity index (χ0) is 9.84. The van der Waals surface area contributed by atoms with Gasteiger partial charge in [-0.15, -0.1) is 0 Å². The van der Waals surface area contributed by atoms with Gasteiger partial charge in [-0.25, -0.2) is 0 Å². The second-order valence-electron chi connectivity index (χ2n) is 2.81. The predicted octanol–water partition coefficient (Wildman–Crippen LogP) is 0.925. The predicted molar refractivity (Wildman–Crippen MR) is 50.4 cm³/mol. The van der Waals surface area contributed by atoms with Gasteiger partial charge in [0.05, 0.1) is 7.11 Å². The van der Waals surface area contributed by atoms with Crippen molar-refractivity contribution in [2.45, 2.75) is 13.0 Å². The zero-order valence-corrected chi connectivity index (χ0v) is 7.74. The molecule has 0 aromatic heterocycles. The first kappa shape index (κ1) is 9.83. The number of nitrogens with one attached hydrogen (secondary N) is 1. The lowest BCUT2D eigenvalue weighted by Crippen LogP contribution is -2.25. The summed E-state index contributed by atoms with van der Waals surface area (Å²) < 4.78 is 5.02. The third kappa shape index (κ3) is 2.11. The molecular formula is C9H14N2O2. The van der Waals surface area contributed by atoms with E-state index in [1.54, 1.807) is 25.3 Å². The molecule has 72 valence electrons. The summed E-state index contributed by atoms with van der Waals surface area (Å²) in [6.45, 7) is 1.86. The van der Waals surface area contributed by atoms with Crippen LogP contribution >= 0.6 is 0 Å². The van der Waals surface area contributed by atoms with E-state index >= 15 is 0 Å². The fourth-order valence-corrected chi connectivity index (χ4v) is 1.10. The summed E-state index contributed by atoms with van der Waals surface area (Å²) in [7, 11) is 1.58. The molecule has 0 unspecified atom stereocenters. The molecule has 0 saturated heterocycles. The maximum absolute atomic E-state index is 9.48. The number of nitrogens with two attached hydrogens (primary N) is 1. The number of methoxy groups -OCH3 is 1. The van der Waals surface area contributed by atoms with Crippen molar-refractivity contribution in [3.05, 3.63) is 23.8 Å². The minimum Gasteiger partial charge on any atom is -0.508 e. The normalized spacial score (nSPS) is 12.5. The van der Waals surface area contributed by atoms with Gasteiger partial charge in [0, 0.05) is 11.6 Å². The van der Waals surface area contributed by atoms with Crippen LogP contribution in [0.15, 0.2) is 18.2 Å². The van der Waals surface area contributed by atoms with E-state index in [2.05, 4.69) is 5.43 Å². The van der Waals surface area contributed by atoms with Crippen LogP contribution < -0.4 is 16.0 Å². The number of hydrogen-bond donors (Lipinski definition) is 3. The topological polar surface area (TPSA) is 67.5 Å². The summed E-state index contributed by atoms with van der Waals surface area (Å²) in [5.74, 6) is 6.18. The molecule has 0 fully saturated rings. The molecule has 1 aromatic carbocycles. The van der Waals surface area contributed by atoms with Gasteiger partial charge in [0.15, 0.2) is 0 Å². The smallest absolute Gasteiger partial charge is 0.120 e. The van der Waals surface area contributed by atoms with Crippen molar-refractivity contribution < 1.29 is 9.84 Å². The highest BCUT2D eigenvalue weighted by Gasteiger charge is 2.09.